The molecule has 0 saturated carbocycles. The Hall–Kier alpha value is -2.11. The van der Waals surface area contributed by atoms with Gasteiger partial charge in [-0.2, -0.15) is 0 Å². The van der Waals surface area contributed by atoms with Crippen LogP contribution in [-0.4, -0.2) is 29.0 Å². The van der Waals surface area contributed by atoms with Crippen LogP contribution in [0.5, 0.6) is 0 Å². The number of hydrogen-bond donors (Lipinski definition) is 1. The molecule has 5 heteroatoms. The van der Waals surface area contributed by atoms with E-state index in [0.29, 0.717) is 6.67 Å². The van der Waals surface area contributed by atoms with Crippen molar-refractivity contribution in [1.29, 1.82) is 0 Å². The van der Waals surface area contributed by atoms with Crippen molar-refractivity contribution in [3.05, 3.63) is 52.0 Å². The number of anilines is 1. The highest BCUT2D eigenvalue weighted by atomic mass is 32.1. The molecule has 2 aromatic heterocycles. The van der Waals surface area contributed by atoms with E-state index in [1.165, 1.54) is 57.6 Å². The van der Waals surface area contributed by atoms with Gasteiger partial charge in [0, 0.05) is 47.6 Å². The van der Waals surface area contributed by atoms with Gasteiger partial charge in [-0.15, -0.1) is 11.3 Å². The minimum Gasteiger partial charge on any atom is -0.361 e. The van der Waals surface area contributed by atoms with E-state index in [1.54, 1.807) is 12.5 Å². The fraction of sp³-hybridized carbons (Fsp3) is 0.409. The number of aromatic nitrogens is 1. The molecule has 3 heterocycles. The van der Waals surface area contributed by atoms with Crippen molar-refractivity contribution in [2.24, 2.45) is 0 Å². The first-order valence-corrected chi connectivity index (χ1v) is 10.7. The number of nitrogens with one attached hydrogen (secondary N) is 1. The highest BCUT2D eigenvalue weighted by Gasteiger charge is 2.31. The zero-order valence-corrected chi connectivity index (χ0v) is 16.6. The van der Waals surface area contributed by atoms with Crippen LogP contribution in [-0.2, 0) is 30.6 Å². The maximum Gasteiger partial charge on any atom is 0.225 e. The van der Waals surface area contributed by atoms with Gasteiger partial charge in [0.05, 0.1) is 6.67 Å². The molecule has 2 aliphatic rings. The number of carbonyl (C=O) groups excluding carboxylic acids is 1. The largest absolute Gasteiger partial charge is 0.361 e. The summed E-state index contributed by atoms with van der Waals surface area (Å²) in [5, 5.41) is 2.53. The van der Waals surface area contributed by atoms with Crippen LogP contribution in [0.1, 0.15) is 41.3 Å². The number of para-hydroxylation sites is 1. The van der Waals surface area contributed by atoms with Crippen LogP contribution < -0.4 is 4.90 Å². The summed E-state index contributed by atoms with van der Waals surface area (Å²) < 4.78 is 0. The number of nitrogens with zero attached hydrogens (tertiary/aromatic N) is 2. The van der Waals surface area contributed by atoms with Crippen LogP contribution in [0.25, 0.3) is 10.9 Å². The summed E-state index contributed by atoms with van der Waals surface area (Å²) in [4.78, 5) is 21.7. The average Bonchev–Trinajstić information content (AvgIpc) is 3.27. The van der Waals surface area contributed by atoms with E-state index in [9.17, 15) is 4.79 Å². The highest BCUT2D eigenvalue weighted by molar-refractivity contribution is 7.16. The minimum atomic E-state index is 0.159. The van der Waals surface area contributed by atoms with E-state index in [2.05, 4.69) is 40.3 Å². The number of thiophene rings is 1. The molecule has 5 rings (SSSR count). The van der Waals surface area contributed by atoms with E-state index < -0.39 is 0 Å². The first kappa shape index (κ1) is 17.0. The van der Waals surface area contributed by atoms with Crippen molar-refractivity contribution in [1.82, 2.24) is 9.88 Å². The summed E-state index contributed by atoms with van der Waals surface area (Å²) in [6.07, 6.45) is 8.08. The Morgan fingerprint density at radius 1 is 1.19 bits per heavy atom. The van der Waals surface area contributed by atoms with Crippen LogP contribution in [0.3, 0.4) is 0 Å². The Morgan fingerprint density at radius 2 is 2.04 bits per heavy atom. The summed E-state index contributed by atoms with van der Waals surface area (Å²) in [7, 11) is 0. The lowest BCUT2D eigenvalue weighted by atomic mass is 9.94. The molecule has 1 aromatic carbocycles. The van der Waals surface area contributed by atoms with Crippen LogP contribution in [0.2, 0.25) is 0 Å². The highest BCUT2D eigenvalue weighted by Crippen LogP contribution is 2.43. The fourth-order valence-electron chi connectivity index (χ4n) is 4.55. The summed E-state index contributed by atoms with van der Waals surface area (Å²) in [5.41, 5.74) is 5.53. The molecule has 0 saturated heterocycles. The first-order valence-electron chi connectivity index (χ1n) is 9.89. The number of aryl methyl sites for hydroxylation is 1. The van der Waals surface area contributed by atoms with E-state index >= 15 is 0 Å². The second-order valence-corrected chi connectivity index (χ2v) is 8.83. The molecule has 0 unspecified atom stereocenters. The Morgan fingerprint density at radius 3 is 2.93 bits per heavy atom. The average molecular weight is 380 g/mol. The van der Waals surface area contributed by atoms with Gasteiger partial charge in [-0.1, -0.05) is 18.2 Å². The third-order valence-electron chi connectivity index (χ3n) is 5.98. The van der Waals surface area contributed by atoms with Gasteiger partial charge in [0.15, 0.2) is 0 Å². The number of carbonyl (C=O) groups is 1. The molecular weight excluding hydrogens is 354 g/mol. The molecule has 140 valence electrons. The third-order valence-corrected chi connectivity index (χ3v) is 7.34. The van der Waals surface area contributed by atoms with E-state index in [-0.39, 0.29) is 5.91 Å². The number of hydrogen-bond acceptors (Lipinski definition) is 3. The molecule has 1 N–H and O–H groups in total. The first-order chi connectivity index (χ1) is 13.2. The standard InChI is InChI=1S/C22H25N3OS/c1-15(26)25-14-24(11-10-16-12-23-20-8-4-2-6-17(16)20)13-19-18-7-3-5-9-21(18)27-22(19)25/h2,4,6,8,12,23H,3,5,7,9-11,13-14H2,1H3. The van der Waals surface area contributed by atoms with Crippen LogP contribution >= 0.6 is 11.3 Å². The van der Waals surface area contributed by atoms with E-state index in [4.69, 9.17) is 0 Å². The smallest absolute Gasteiger partial charge is 0.225 e. The summed E-state index contributed by atoms with van der Waals surface area (Å²) in [6.45, 7) is 4.36. The Balaban J connectivity index is 1.39. The summed E-state index contributed by atoms with van der Waals surface area (Å²) in [5.74, 6) is 0.159. The molecule has 0 fully saturated rings. The topological polar surface area (TPSA) is 39.3 Å². The molecule has 3 aromatic rings. The molecule has 0 radical (unpaired) electrons. The number of rotatable bonds is 3. The number of benzene rings is 1. The van der Waals surface area contributed by atoms with Gasteiger partial charge in [-0.25, -0.2) is 0 Å². The zero-order chi connectivity index (χ0) is 18.4. The van der Waals surface area contributed by atoms with E-state index in [1.807, 2.05) is 16.2 Å². The molecule has 0 atom stereocenters. The predicted octanol–water partition coefficient (Wildman–Crippen LogP) is 4.48. The Kier molecular flexibility index (Phi) is 4.29. The molecule has 4 nitrogen and oxygen atoms in total. The van der Waals surface area contributed by atoms with Crippen molar-refractivity contribution >= 4 is 33.1 Å². The molecule has 0 spiro atoms. The maximum atomic E-state index is 12.3. The SMILES string of the molecule is CC(=O)N1CN(CCc2c[nH]c3ccccc23)Cc2c1sc1c2CCCC1. The van der Waals surface area contributed by atoms with Crippen molar-refractivity contribution in [2.75, 3.05) is 18.1 Å². The molecule has 27 heavy (non-hydrogen) atoms. The number of amides is 1. The molecule has 1 amide bonds. The van der Waals surface area contributed by atoms with Crippen LogP contribution in [0, 0.1) is 0 Å². The van der Waals surface area contributed by atoms with Gasteiger partial charge in [0.1, 0.15) is 5.00 Å². The van der Waals surface area contributed by atoms with Gasteiger partial charge in [-0.05, 0) is 49.3 Å². The number of H-pyrrole nitrogens is 1. The lowest BCUT2D eigenvalue weighted by Crippen LogP contribution is -2.44. The number of aromatic amines is 1. The van der Waals surface area contributed by atoms with Crippen LogP contribution in [0.15, 0.2) is 30.5 Å². The second-order valence-electron chi connectivity index (χ2n) is 7.75. The van der Waals surface area contributed by atoms with Gasteiger partial charge in [0.25, 0.3) is 0 Å². The van der Waals surface area contributed by atoms with Crippen LogP contribution in [0.4, 0.5) is 5.00 Å². The molecule has 0 bridgehead atoms. The second kappa shape index (κ2) is 6.80. The minimum absolute atomic E-state index is 0.159. The van der Waals surface area contributed by atoms with Gasteiger partial charge >= 0.3 is 0 Å². The monoisotopic (exact) mass is 379 g/mol. The maximum absolute atomic E-state index is 12.3. The Labute approximate surface area is 163 Å². The third kappa shape index (κ3) is 2.99. The van der Waals surface area contributed by atoms with Crippen molar-refractivity contribution in [3.8, 4) is 0 Å². The van der Waals surface area contributed by atoms with Gasteiger partial charge in [0.2, 0.25) is 5.91 Å². The van der Waals surface area contributed by atoms with E-state index in [0.717, 1.165) is 19.5 Å². The molecule has 1 aliphatic carbocycles. The van der Waals surface area contributed by atoms with Gasteiger partial charge in [-0.3, -0.25) is 14.6 Å². The predicted molar refractivity (Wildman–Crippen MR) is 111 cm³/mol. The molecular formula is C22H25N3OS. The lowest BCUT2D eigenvalue weighted by molar-refractivity contribution is -0.117. The van der Waals surface area contributed by atoms with Crippen molar-refractivity contribution in [3.63, 3.8) is 0 Å². The van der Waals surface area contributed by atoms with Crippen molar-refractivity contribution < 1.29 is 4.79 Å². The normalized spacial score (nSPS) is 17.1. The van der Waals surface area contributed by atoms with Gasteiger partial charge < -0.3 is 4.98 Å². The number of fused-ring (bicyclic) bond motifs is 4. The fourth-order valence-corrected chi connectivity index (χ4v) is 5.98. The summed E-state index contributed by atoms with van der Waals surface area (Å²) >= 11 is 1.87. The summed E-state index contributed by atoms with van der Waals surface area (Å²) in [6, 6.07) is 8.48. The zero-order valence-electron chi connectivity index (χ0n) is 15.8. The lowest BCUT2D eigenvalue weighted by Gasteiger charge is -2.35. The Bertz CT molecular complexity index is 1000. The molecule has 1 aliphatic heterocycles. The van der Waals surface area contributed by atoms with Crippen molar-refractivity contribution in [2.45, 2.75) is 45.6 Å². The quantitative estimate of drug-likeness (QED) is 0.729.